The quantitative estimate of drug-likeness (QED) is 0.832. The Morgan fingerprint density at radius 2 is 1.88 bits per heavy atom. The average Bonchev–Trinajstić information content (AvgIpc) is 2.16. The van der Waals surface area contributed by atoms with Gasteiger partial charge in [0.2, 0.25) is 0 Å². The molecule has 1 nitrogen and oxygen atoms in total. The Hall–Kier alpha value is -0.520. The standard InChI is InChI=1S/C10H10ClF4N.ClH/c11-7-3-1-2-6(10(13,14)15)9(7)8(16)4-5-12;/h1-3,8H,4-5,16H2;1H/t8-;/m0./s1. The Labute approximate surface area is 107 Å². The number of rotatable bonds is 3. The minimum absolute atomic E-state index is 0. The maximum Gasteiger partial charge on any atom is 0.416 e. The van der Waals surface area contributed by atoms with Gasteiger partial charge in [0.05, 0.1) is 12.2 Å². The molecule has 0 amide bonds. The maximum atomic E-state index is 12.6. The molecule has 98 valence electrons. The number of alkyl halides is 4. The second-order valence-electron chi connectivity index (χ2n) is 3.28. The van der Waals surface area contributed by atoms with Gasteiger partial charge in [0.1, 0.15) is 0 Å². The molecule has 0 aliphatic rings. The first kappa shape index (κ1) is 16.5. The van der Waals surface area contributed by atoms with Crippen molar-refractivity contribution in [1.82, 2.24) is 0 Å². The number of halogens is 6. The molecule has 0 aromatic heterocycles. The summed E-state index contributed by atoms with van der Waals surface area (Å²) in [6.45, 7) is -0.788. The first-order valence-corrected chi connectivity index (χ1v) is 4.93. The summed E-state index contributed by atoms with van der Waals surface area (Å²) in [5.74, 6) is 0. The van der Waals surface area contributed by atoms with E-state index in [9.17, 15) is 17.6 Å². The zero-order valence-corrected chi connectivity index (χ0v) is 10.2. The van der Waals surface area contributed by atoms with Crippen molar-refractivity contribution in [2.75, 3.05) is 6.67 Å². The maximum absolute atomic E-state index is 12.6. The smallest absolute Gasteiger partial charge is 0.324 e. The molecule has 0 fully saturated rings. The summed E-state index contributed by atoms with van der Waals surface area (Å²) >= 11 is 5.66. The molecule has 0 aliphatic carbocycles. The van der Waals surface area contributed by atoms with Gasteiger partial charge in [-0.05, 0) is 24.1 Å². The fraction of sp³-hybridized carbons (Fsp3) is 0.400. The highest BCUT2D eigenvalue weighted by Crippen LogP contribution is 2.38. The van der Waals surface area contributed by atoms with Crippen molar-refractivity contribution in [1.29, 1.82) is 0 Å². The largest absolute Gasteiger partial charge is 0.416 e. The number of hydrogen-bond acceptors (Lipinski definition) is 1. The minimum Gasteiger partial charge on any atom is -0.324 e. The molecular formula is C10H11Cl2F4N. The molecule has 0 spiro atoms. The Bertz CT molecular complexity index is 368. The summed E-state index contributed by atoms with van der Waals surface area (Å²) in [5.41, 5.74) is 4.34. The first-order chi connectivity index (χ1) is 7.38. The predicted octanol–water partition coefficient (Wildman–Crippen LogP) is 4.14. The van der Waals surface area contributed by atoms with Gasteiger partial charge in [0.25, 0.3) is 0 Å². The van der Waals surface area contributed by atoms with Crippen LogP contribution in [0.1, 0.15) is 23.6 Å². The summed E-state index contributed by atoms with van der Waals surface area (Å²) in [6, 6.07) is 2.34. The lowest BCUT2D eigenvalue weighted by atomic mass is 9.98. The van der Waals surface area contributed by atoms with E-state index in [1.807, 2.05) is 0 Å². The molecule has 0 bridgehead atoms. The van der Waals surface area contributed by atoms with Crippen molar-refractivity contribution in [2.45, 2.75) is 18.6 Å². The highest BCUT2D eigenvalue weighted by atomic mass is 35.5. The second-order valence-corrected chi connectivity index (χ2v) is 3.69. The lowest BCUT2D eigenvalue weighted by Gasteiger charge is -2.18. The molecular weight excluding hydrogens is 281 g/mol. The minimum atomic E-state index is -4.53. The van der Waals surface area contributed by atoms with E-state index in [0.717, 1.165) is 6.07 Å². The van der Waals surface area contributed by atoms with Crippen LogP contribution in [-0.2, 0) is 6.18 Å². The van der Waals surface area contributed by atoms with Crippen molar-refractivity contribution >= 4 is 24.0 Å². The third-order valence-corrected chi connectivity index (χ3v) is 2.48. The van der Waals surface area contributed by atoms with Gasteiger partial charge in [0.15, 0.2) is 0 Å². The fourth-order valence-corrected chi connectivity index (χ4v) is 1.74. The van der Waals surface area contributed by atoms with Gasteiger partial charge in [0, 0.05) is 11.1 Å². The summed E-state index contributed by atoms with van der Waals surface area (Å²) in [7, 11) is 0. The molecule has 1 atom stereocenters. The second kappa shape index (κ2) is 6.42. The van der Waals surface area contributed by atoms with Crippen LogP contribution in [-0.4, -0.2) is 6.67 Å². The molecule has 2 N–H and O–H groups in total. The molecule has 1 aromatic carbocycles. The Kier molecular flexibility index (Phi) is 6.23. The van der Waals surface area contributed by atoms with E-state index in [-0.39, 0.29) is 29.4 Å². The van der Waals surface area contributed by atoms with E-state index in [1.165, 1.54) is 12.1 Å². The molecule has 17 heavy (non-hydrogen) atoms. The topological polar surface area (TPSA) is 26.0 Å². The lowest BCUT2D eigenvalue weighted by molar-refractivity contribution is -0.138. The van der Waals surface area contributed by atoms with E-state index in [2.05, 4.69) is 0 Å². The van der Waals surface area contributed by atoms with Crippen LogP contribution in [0.3, 0.4) is 0 Å². The van der Waals surface area contributed by atoms with Gasteiger partial charge in [-0.2, -0.15) is 13.2 Å². The van der Waals surface area contributed by atoms with E-state index in [1.54, 1.807) is 0 Å². The third kappa shape index (κ3) is 4.01. The monoisotopic (exact) mass is 291 g/mol. The van der Waals surface area contributed by atoms with E-state index < -0.39 is 24.5 Å². The number of hydrogen-bond donors (Lipinski definition) is 1. The Morgan fingerprint density at radius 3 is 2.35 bits per heavy atom. The van der Waals surface area contributed by atoms with E-state index in [4.69, 9.17) is 17.3 Å². The van der Waals surface area contributed by atoms with Crippen LogP contribution in [0.15, 0.2) is 18.2 Å². The van der Waals surface area contributed by atoms with Crippen molar-refractivity contribution in [3.8, 4) is 0 Å². The van der Waals surface area contributed by atoms with Crippen LogP contribution in [0.2, 0.25) is 5.02 Å². The van der Waals surface area contributed by atoms with E-state index in [0.29, 0.717) is 0 Å². The Morgan fingerprint density at radius 1 is 1.29 bits per heavy atom. The third-order valence-electron chi connectivity index (χ3n) is 2.15. The summed E-state index contributed by atoms with van der Waals surface area (Å²) in [6.07, 6.45) is -4.72. The highest BCUT2D eigenvalue weighted by molar-refractivity contribution is 6.31. The molecule has 1 aromatic rings. The SMILES string of the molecule is Cl.N[C@@H](CCF)c1c(Cl)cccc1C(F)(F)F. The van der Waals surface area contributed by atoms with Crippen molar-refractivity contribution in [3.05, 3.63) is 34.3 Å². The molecule has 1 rings (SSSR count). The van der Waals surface area contributed by atoms with Crippen molar-refractivity contribution in [3.63, 3.8) is 0 Å². The van der Waals surface area contributed by atoms with Crippen LogP contribution in [0.5, 0.6) is 0 Å². The van der Waals surface area contributed by atoms with Crippen LogP contribution in [0.25, 0.3) is 0 Å². The fourth-order valence-electron chi connectivity index (χ4n) is 1.42. The lowest BCUT2D eigenvalue weighted by Crippen LogP contribution is -2.18. The van der Waals surface area contributed by atoms with Crippen LogP contribution in [0.4, 0.5) is 17.6 Å². The molecule has 0 unspecified atom stereocenters. The van der Waals surface area contributed by atoms with Crippen LogP contribution < -0.4 is 5.73 Å². The summed E-state index contributed by atoms with van der Waals surface area (Å²) < 4.78 is 49.9. The number of benzene rings is 1. The molecule has 0 saturated heterocycles. The first-order valence-electron chi connectivity index (χ1n) is 4.55. The van der Waals surface area contributed by atoms with Crippen molar-refractivity contribution in [2.24, 2.45) is 5.73 Å². The number of nitrogens with two attached hydrogens (primary N) is 1. The van der Waals surface area contributed by atoms with Gasteiger partial charge in [-0.25, -0.2) is 0 Å². The van der Waals surface area contributed by atoms with E-state index >= 15 is 0 Å². The van der Waals surface area contributed by atoms with Gasteiger partial charge in [-0.15, -0.1) is 12.4 Å². The molecule has 7 heteroatoms. The zero-order chi connectivity index (χ0) is 12.3. The van der Waals surface area contributed by atoms with Gasteiger partial charge in [-0.1, -0.05) is 17.7 Å². The molecule has 0 radical (unpaired) electrons. The molecule has 0 heterocycles. The summed E-state index contributed by atoms with van der Waals surface area (Å²) in [5, 5.41) is -0.0872. The predicted molar refractivity (Wildman–Crippen MR) is 61.2 cm³/mol. The highest BCUT2D eigenvalue weighted by Gasteiger charge is 2.35. The summed E-state index contributed by atoms with van der Waals surface area (Å²) in [4.78, 5) is 0. The molecule has 0 aliphatic heterocycles. The zero-order valence-electron chi connectivity index (χ0n) is 8.60. The average molecular weight is 292 g/mol. The van der Waals surface area contributed by atoms with Crippen molar-refractivity contribution < 1.29 is 17.6 Å². The van der Waals surface area contributed by atoms with Crippen LogP contribution >= 0.6 is 24.0 Å². The van der Waals surface area contributed by atoms with Gasteiger partial charge in [-0.3, -0.25) is 4.39 Å². The normalized spacial score (nSPS) is 13.1. The van der Waals surface area contributed by atoms with Gasteiger partial charge >= 0.3 is 6.18 Å². The van der Waals surface area contributed by atoms with Crippen LogP contribution in [0, 0.1) is 0 Å². The molecule has 0 saturated carbocycles. The van der Waals surface area contributed by atoms with Gasteiger partial charge < -0.3 is 5.73 Å². The Balaban J connectivity index is 0.00000256.